The van der Waals surface area contributed by atoms with E-state index in [0.29, 0.717) is 0 Å². The standard InChI is InChI=1S/C4H10O.C3H6O4S.C3H8O3.K/c1-3-5-4-2;1-2-3-7-8(4,5)6;4-1-3(6)2-5;/h3-4H2,1-2H3;2H,1,3H2,(H,4,5,6);3-6H,1-2H2;/q;;;+1/p-1. The number of aliphatic hydroxyl groups excluding tert-OH is 3. The Balaban J connectivity index is -0.0000000966. The van der Waals surface area contributed by atoms with Gasteiger partial charge in [0.25, 0.3) is 0 Å². The van der Waals surface area contributed by atoms with Crippen molar-refractivity contribution in [3.63, 3.8) is 0 Å². The molecule has 0 atom stereocenters. The maximum absolute atomic E-state index is 9.56. The van der Waals surface area contributed by atoms with E-state index < -0.39 is 16.5 Å². The minimum absolute atomic E-state index is 0. The number of aliphatic hydroxyl groups is 3. The topological polar surface area (TPSA) is 136 Å². The minimum atomic E-state index is -4.51. The van der Waals surface area contributed by atoms with E-state index in [0.717, 1.165) is 13.2 Å². The number of hydrogen-bond acceptors (Lipinski definition) is 8. The van der Waals surface area contributed by atoms with Gasteiger partial charge in [-0.25, -0.2) is 8.42 Å². The summed E-state index contributed by atoms with van der Waals surface area (Å²) in [5.74, 6) is 0. The average molecular weight is 342 g/mol. The van der Waals surface area contributed by atoms with Crippen LogP contribution in [0.5, 0.6) is 0 Å². The molecule has 0 unspecified atom stereocenters. The maximum atomic E-state index is 9.56. The monoisotopic (exact) mass is 342 g/mol. The Morgan fingerprint density at radius 2 is 1.65 bits per heavy atom. The van der Waals surface area contributed by atoms with Crippen molar-refractivity contribution in [3.8, 4) is 0 Å². The molecule has 0 aromatic carbocycles. The summed E-state index contributed by atoms with van der Waals surface area (Å²) in [7, 11) is -4.51. The number of rotatable bonds is 7. The molecule has 0 aromatic rings. The number of hydrogen-bond donors (Lipinski definition) is 3. The maximum Gasteiger partial charge on any atom is 1.00 e. The van der Waals surface area contributed by atoms with Crippen LogP contribution in [0.1, 0.15) is 13.8 Å². The summed E-state index contributed by atoms with van der Waals surface area (Å²) >= 11 is 0. The zero-order chi connectivity index (χ0) is 15.7. The summed E-state index contributed by atoms with van der Waals surface area (Å²) in [5.41, 5.74) is 0. The Hall–Kier alpha value is 1.09. The van der Waals surface area contributed by atoms with Crippen LogP contribution < -0.4 is 51.4 Å². The smallest absolute Gasteiger partial charge is 0.726 e. The van der Waals surface area contributed by atoms with E-state index in [4.69, 9.17) is 20.1 Å². The van der Waals surface area contributed by atoms with Crippen LogP contribution in [0.25, 0.3) is 0 Å². The fourth-order valence-corrected chi connectivity index (χ4v) is 0.656. The molecular formula is C10H23KO8S. The van der Waals surface area contributed by atoms with Gasteiger partial charge in [-0.15, -0.1) is 6.58 Å². The minimum Gasteiger partial charge on any atom is -0.726 e. The van der Waals surface area contributed by atoms with Crippen molar-refractivity contribution in [2.45, 2.75) is 20.0 Å². The summed E-state index contributed by atoms with van der Waals surface area (Å²) in [6.07, 6.45) is 0.222. The zero-order valence-electron chi connectivity index (χ0n) is 12.2. The molecule has 0 saturated heterocycles. The summed E-state index contributed by atoms with van der Waals surface area (Å²) in [5, 5.41) is 24.0. The Bertz CT molecular complexity index is 264. The Kier molecular flexibility index (Phi) is 32.6. The van der Waals surface area contributed by atoms with Crippen LogP contribution in [0, 0.1) is 0 Å². The van der Waals surface area contributed by atoms with E-state index in [-0.39, 0.29) is 71.2 Å². The molecule has 8 nitrogen and oxygen atoms in total. The first-order chi connectivity index (χ1) is 8.78. The van der Waals surface area contributed by atoms with Gasteiger partial charge in [0.15, 0.2) is 0 Å². The van der Waals surface area contributed by atoms with Crippen molar-refractivity contribution < 1.29 is 88.6 Å². The fourth-order valence-electron chi connectivity index (χ4n) is 0.393. The van der Waals surface area contributed by atoms with Crippen molar-refractivity contribution in [1.82, 2.24) is 0 Å². The fraction of sp³-hybridized carbons (Fsp3) is 0.800. The SMILES string of the molecule is C=CCOS(=O)(=O)[O-].CCOCC.OCC(O)CO.[K+]. The summed E-state index contributed by atoms with van der Waals surface area (Å²) < 4.78 is 37.2. The van der Waals surface area contributed by atoms with Gasteiger partial charge in [0.2, 0.25) is 10.4 Å². The predicted octanol–water partition coefficient (Wildman–Crippen LogP) is -3.97. The normalized spacial score (nSPS) is 9.55. The molecular weight excluding hydrogens is 319 g/mol. The molecule has 0 aliphatic heterocycles. The molecule has 0 heterocycles. The molecule has 0 aromatic heterocycles. The Labute approximate surface area is 163 Å². The molecule has 0 aliphatic rings. The van der Waals surface area contributed by atoms with Gasteiger partial charge in [-0.2, -0.15) is 0 Å². The van der Waals surface area contributed by atoms with Crippen molar-refractivity contribution in [2.75, 3.05) is 33.0 Å². The van der Waals surface area contributed by atoms with Crippen LogP contribution in [0.2, 0.25) is 0 Å². The Morgan fingerprint density at radius 1 is 1.25 bits per heavy atom. The zero-order valence-corrected chi connectivity index (χ0v) is 16.1. The Morgan fingerprint density at radius 3 is 1.70 bits per heavy atom. The first-order valence-electron chi connectivity index (χ1n) is 5.47. The number of ether oxygens (including phenoxy) is 1. The quantitative estimate of drug-likeness (QED) is 0.184. The summed E-state index contributed by atoms with van der Waals surface area (Å²) in [6, 6.07) is 0. The molecule has 0 radical (unpaired) electrons. The van der Waals surface area contributed by atoms with Crippen LogP contribution in [-0.4, -0.2) is 67.4 Å². The first-order valence-corrected chi connectivity index (χ1v) is 6.80. The van der Waals surface area contributed by atoms with Gasteiger partial charge < -0.3 is 24.6 Å². The van der Waals surface area contributed by atoms with Gasteiger partial charge in [-0.3, -0.25) is 4.18 Å². The molecule has 118 valence electrons. The van der Waals surface area contributed by atoms with Crippen molar-refractivity contribution in [3.05, 3.63) is 12.7 Å². The average Bonchev–Trinajstić information content (AvgIpc) is 2.37. The van der Waals surface area contributed by atoms with E-state index in [1.165, 1.54) is 6.08 Å². The first kappa shape index (κ1) is 29.1. The molecule has 0 aliphatic carbocycles. The van der Waals surface area contributed by atoms with Crippen LogP contribution in [-0.2, 0) is 19.3 Å². The largest absolute Gasteiger partial charge is 1.00 e. The molecule has 10 heteroatoms. The van der Waals surface area contributed by atoms with Gasteiger partial charge in [-0.1, -0.05) is 6.08 Å². The van der Waals surface area contributed by atoms with E-state index >= 15 is 0 Å². The molecule has 0 spiro atoms. The van der Waals surface area contributed by atoms with Gasteiger partial charge in [0.1, 0.15) is 6.10 Å². The van der Waals surface area contributed by atoms with Crippen LogP contribution in [0.3, 0.4) is 0 Å². The third-order valence-corrected chi connectivity index (χ3v) is 1.58. The van der Waals surface area contributed by atoms with Crippen LogP contribution >= 0.6 is 0 Å². The van der Waals surface area contributed by atoms with E-state index in [9.17, 15) is 13.0 Å². The van der Waals surface area contributed by atoms with E-state index in [2.05, 4.69) is 10.8 Å². The van der Waals surface area contributed by atoms with Crippen LogP contribution in [0.4, 0.5) is 0 Å². The van der Waals surface area contributed by atoms with Gasteiger partial charge in [-0.05, 0) is 13.8 Å². The van der Waals surface area contributed by atoms with Crippen molar-refractivity contribution in [1.29, 1.82) is 0 Å². The van der Waals surface area contributed by atoms with E-state index in [1.54, 1.807) is 0 Å². The molecule has 0 bridgehead atoms. The molecule has 20 heavy (non-hydrogen) atoms. The van der Waals surface area contributed by atoms with Gasteiger partial charge in [0.05, 0.1) is 19.8 Å². The predicted molar refractivity (Wildman–Crippen MR) is 68.2 cm³/mol. The molecule has 0 amide bonds. The van der Waals surface area contributed by atoms with Gasteiger partial charge in [0, 0.05) is 13.2 Å². The second-order valence-corrected chi connectivity index (χ2v) is 3.83. The molecule has 0 rings (SSSR count). The van der Waals surface area contributed by atoms with E-state index in [1.807, 2.05) is 13.8 Å². The third kappa shape index (κ3) is 42.7. The van der Waals surface area contributed by atoms with Crippen LogP contribution in [0.15, 0.2) is 12.7 Å². The summed E-state index contributed by atoms with van der Waals surface area (Å²) in [4.78, 5) is 0. The molecule has 3 N–H and O–H groups in total. The van der Waals surface area contributed by atoms with Crippen molar-refractivity contribution >= 4 is 10.4 Å². The second-order valence-electron chi connectivity index (χ2n) is 2.78. The molecule has 0 fully saturated rings. The van der Waals surface area contributed by atoms with Gasteiger partial charge >= 0.3 is 51.4 Å². The second kappa shape index (κ2) is 22.4. The molecule has 0 saturated carbocycles. The van der Waals surface area contributed by atoms with Crippen molar-refractivity contribution in [2.24, 2.45) is 0 Å². The summed E-state index contributed by atoms with van der Waals surface area (Å²) in [6.45, 7) is 7.81. The third-order valence-electron chi connectivity index (χ3n) is 1.16.